The molecule has 2 amide bonds. The van der Waals surface area contributed by atoms with Crippen LogP contribution in [0.15, 0.2) is 0 Å². The number of Topliss-reactive ketones (excluding diaryl/α,β-unsaturated/α-hetero) is 1. The van der Waals surface area contributed by atoms with Crippen LogP contribution < -0.4 is 10.6 Å². The van der Waals surface area contributed by atoms with Gasteiger partial charge in [-0.2, -0.15) is 12.6 Å². The Morgan fingerprint density at radius 2 is 1.91 bits per heavy atom. The van der Waals surface area contributed by atoms with Gasteiger partial charge in [0.05, 0.1) is 13.0 Å². The highest BCUT2D eigenvalue weighted by Gasteiger charge is 2.42. The third-order valence-electron chi connectivity index (χ3n) is 3.42. The highest BCUT2D eigenvalue weighted by molar-refractivity contribution is 7.80. The molecule has 132 valence electrons. The molecule has 1 saturated heterocycles. The molecule has 1 unspecified atom stereocenters. The number of rotatable bonds is 8. The number of hydrogen-bond donors (Lipinski definition) is 3. The Hall–Kier alpha value is -1.12. The fourth-order valence-corrected chi connectivity index (χ4v) is 2.30. The molecule has 2 atom stereocenters. The zero-order valence-electron chi connectivity index (χ0n) is 13.9. The summed E-state index contributed by atoms with van der Waals surface area (Å²) >= 11 is 4.00. The second-order valence-corrected chi connectivity index (χ2v) is 6.71. The average Bonchev–Trinajstić information content (AvgIpc) is 2.46. The van der Waals surface area contributed by atoms with Crippen molar-refractivity contribution in [3.8, 4) is 0 Å². The Kier molecular flexibility index (Phi) is 8.01. The lowest BCUT2D eigenvalue weighted by Gasteiger charge is -2.40. The van der Waals surface area contributed by atoms with Gasteiger partial charge in [0.1, 0.15) is 11.9 Å². The van der Waals surface area contributed by atoms with Crippen LogP contribution in [0.2, 0.25) is 0 Å². The summed E-state index contributed by atoms with van der Waals surface area (Å²) in [5.74, 6) is 0.0734. The summed E-state index contributed by atoms with van der Waals surface area (Å²) < 4.78 is 11.1. The van der Waals surface area contributed by atoms with Crippen LogP contribution in [-0.4, -0.2) is 55.4 Å². The van der Waals surface area contributed by atoms with Crippen molar-refractivity contribution in [2.75, 3.05) is 25.4 Å². The molecule has 1 aliphatic heterocycles. The van der Waals surface area contributed by atoms with Gasteiger partial charge in [0.25, 0.3) is 0 Å². The fourth-order valence-electron chi connectivity index (χ4n) is 2.19. The quantitative estimate of drug-likeness (QED) is 0.549. The minimum atomic E-state index is -0.721. The molecule has 23 heavy (non-hydrogen) atoms. The average molecular weight is 346 g/mol. The number of amides is 2. The van der Waals surface area contributed by atoms with E-state index in [4.69, 9.17) is 9.47 Å². The highest BCUT2D eigenvalue weighted by Crippen LogP contribution is 2.31. The van der Waals surface area contributed by atoms with E-state index >= 15 is 0 Å². The molecule has 2 N–H and O–H groups in total. The minimum Gasteiger partial charge on any atom is -0.355 e. The number of thiol groups is 1. The van der Waals surface area contributed by atoms with E-state index in [-0.39, 0.29) is 37.0 Å². The van der Waals surface area contributed by atoms with Crippen LogP contribution in [0.25, 0.3) is 0 Å². The van der Waals surface area contributed by atoms with E-state index in [0.717, 1.165) is 0 Å². The summed E-state index contributed by atoms with van der Waals surface area (Å²) in [4.78, 5) is 35.0. The number of nitrogens with one attached hydrogen (secondary N) is 2. The molecule has 0 aliphatic carbocycles. The van der Waals surface area contributed by atoms with Crippen LogP contribution in [0, 0.1) is 5.41 Å². The summed E-state index contributed by atoms with van der Waals surface area (Å²) in [5, 5.41) is 5.38. The van der Waals surface area contributed by atoms with E-state index < -0.39 is 17.8 Å². The molecular weight excluding hydrogens is 320 g/mol. The molecule has 7 nitrogen and oxygen atoms in total. The van der Waals surface area contributed by atoms with Crippen molar-refractivity contribution in [2.24, 2.45) is 5.41 Å². The number of ketones is 1. The maximum Gasteiger partial charge on any atom is 0.249 e. The van der Waals surface area contributed by atoms with E-state index in [0.29, 0.717) is 18.9 Å². The van der Waals surface area contributed by atoms with Crippen molar-refractivity contribution < 1.29 is 23.9 Å². The summed E-state index contributed by atoms with van der Waals surface area (Å²) in [5.41, 5.74) is -0.508. The Morgan fingerprint density at radius 3 is 2.52 bits per heavy atom. The molecule has 0 saturated carbocycles. The van der Waals surface area contributed by atoms with E-state index in [1.54, 1.807) is 0 Å². The zero-order valence-corrected chi connectivity index (χ0v) is 14.8. The van der Waals surface area contributed by atoms with Crippen LogP contribution >= 0.6 is 12.6 Å². The Morgan fingerprint density at radius 1 is 1.22 bits per heavy atom. The van der Waals surface area contributed by atoms with Gasteiger partial charge in [-0.3, -0.25) is 14.4 Å². The molecule has 0 spiro atoms. The molecule has 0 radical (unpaired) electrons. The molecule has 1 fully saturated rings. The zero-order chi connectivity index (χ0) is 17.5. The van der Waals surface area contributed by atoms with Crippen molar-refractivity contribution in [3.63, 3.8) is 0 Å². The van der Waals surface area contributed by atoms with Gasteiger partial charge in [0.15, 0.2) is 6.29 Å². The second kappa shape index (κ2) is 9.24. The largest absolute Gasteiger partial charge is 0.355 e. The maximum atomic E-state index is 12.3. The normalized spacial score (nSPS) is 23.1. The van der Waals surface area contributed by atoms with Crippen LogP contribution in [0.3, 0.4) is 0 Å². The van der Waals surface area contributed by atoms with E-state index in [9.17, 15) is 14.4 Å². The van der Waals surface area contributed by atoms with Gasteiger partial charge < -0.3 is 20.1 Å². The van der Waals surface area contributed by atoms with Gasteiger partial charge in [-0.1, -0.05) is 13.8 Å². The lowest BCUT2D eigenvalue weighted by Crippen LogP contribution is -2.54. The predicted octanol–water partition coefficient (Wildman–Crippen LogP) is 0.286. The highest BCUT2D eigenvalue weighted by atomic mass is 32.1. The SMILES string of the molecule is CC(=O)CC1OCC(C)(C)[C@H](C(=O)NCCC(=O)NCCS)O1. The van der Waals surface area contributed by atoms with Gasteiger partial charge in [-0.25, -0.2) is 0 Å². The van der Waals surface area contributed by atoms with E-state index in [1.165, 1.54) is 6.92 Å². The summed E-state index contributed by atoms with van der Waals surface area (Å²) in [6, 6.07) is 0. The fraction of sp³-hybridized carbons (Fsp3) is 0.800. The van der Waals surface area contributed by atoms with Crippen LogP contribution in [-0.2, 0) is 23.9 Å². The van der Waals surface area contributed by atoms with Crippen LogP contribution in [0.5, 0.6) is 0 Å². The second-order valence-electron chi connectivity index (χ2n) is 6.27. The van der Waals surface area contributed by atoms with E-state index in [1.807, 2.05) is 13.8 Å². The first-order chi connectivity index (χ1) is 10.8. The standard InChI is InChI=1S/C15H26N2O5S/c1-10(18)8-12-21-9-15(2,3)13(22-12)14(20)17-5-4-11(19)16-6-7-23/h12-13,23H,4-9H2,1-3H3,(H,16,19)(H,17,20)/t12?,13-/m0/s1. The molecule has 1 rings (SSSR count). The lowest BCUT2D eigenvalue weighted by molar-refractivity contribution is -0.253. The molecule has 1 aliphatic rings. The maximum absolute atomic E-state index is 12.3. The molecule has 8 heteroatoms. The molecule has 0 aromatic heterocycles. The van der Waals surface area contributed by atoms with Gasteiger partial charge in [0, 0.05) is 30.7 Å². The van der Waals surface area contributed by atoms with Crippen molar-refractivity contribution in [2.45, 2.75) is 46.0 Å². The topological polar surface area (TPSA) is 93.7 Å². The van der Waals surface area contributed by atoms with Gasteiger partial charge in [-0.05, 0) is 6.92 Å². The molecule has 0 aromatic rings. The van der Waals surface area contributed by atoms with Crippen molar-refractivity contribution in [3.05, 3.63) is 0 Å². The van der Waals surface area contributed by atoms with Crippen molar-refractivity contribution in [1.29, 1.82) is 0 Å². The number of ether oxygens (including phenoxy) is 2. The minimum absolute atomic E-state index is 0.0604. The van der Waals surface area contributed by atoms with Gasteiger partial charge in [0.2, 0.25) is 11.8 Å². The molecule has 0 bridgehead atoms. The van der Waals surface area contributed by atoms with Crippen LogP contribution in [0.1, 0.15) is 33.6 Å². The molecular formula is C15H26N2O5S. The smallest absolute Gasteiger partial charge is 0.249 e. The first kappa shape index (κ1) is 19.9. The van der Waals surface area contributed by atoms with Gasteiger partial charge in [-0.15, -0.1) is 0 Å². The monoisotopic (exact) mass is 346 g/mol. The summed E-state index contributed by atoms with van der Waals surface area (Å²) in [7, 11) is 0. The van der Waals surface area contributed by atoms with Crippen molar-refractivity contribution >= 4 is 30.2 Å². The van der Waals surface area contributed by atoms with Crippen molar-refractivity contribution in [1.82, 2.24) is 10.6 Å². The molecule has 1 heterocycles. The summed E-state index contributed by atoms with van der Waals surface area (Å²) in [6.45, 7) is 6.22. The third kappa shape index (κ3) is 6.88. The van der Waals surface area contributed by atoms with Gasteiger partial charge >= 0.3 is 0 Å². The Balaban J connectivity index is 2.47. The lowest BCUT2D eigenvalue weighted by atomic mass is 9.85. The Bertz CT molecular complexity index is 442. The number of carbonyl (C=O) groups excluding carboxylic acids is 3. The summed E-state index contributed by atoms with van der Waals surface area (Å²) in [6.07, 6.45) is -1.11. The van der Waals surface area contributed by atoms with Crippen LogP contribution in [0.4, 0.5) is 0 Å². The predicted molar refractivity (Wildman–Crippen MR) is 88.2 cm³/mol. The Labute approximate surface area is 142 Å². The first-order valence-corrected chi connectivity index (χ1v) is 8.31. The number of carbonyl (C=O) groups is 3. The first-order valence-electron chi connectivity index (χ1n) is 7.68. The number of hydrogen-bond acceptors (Lipinski definition) is 6. The third-order valence-corrected chi connectivity index (χ3v) is 3.64. The molecule has 0 aromatic carbocycles. The van der Waals surface area contributed by atoms with E-state index in [2.05, 4.69) is 23.3 Å².